The number of rotatable bonds is 5. The van der Waals surface area contributed by atoms with Gasteiger partial charge in [0.15, 0.2) is 0 Å². The minimum Gasteiger partial charge on any atom is -0.507 e. The third kappa shape index (κ3) is 3.07. The maximum Gasteiger partial charge on any atom is 0.342 e. The van der Waals surface area contributed by atoms with E-state index >= 15 is 0 Å². The average Bonchev–Trinajstić information content (AvgIpc) is 3.15. The van der Waals surface area contributed by atoms with Gasteiger partial charge in [0.1, 0.15) is 23.7 Å². The molecule has 2 aliphatic heterocycles. The molecule has 1 fully saturated rings. The van der Waals surface area contributed by atoms with Crippen LogP contribution in [0.4, 0.5) is 0 Å². The molecule has 25 heavy (non-hydrogen) atoms. The molecular formula is C18H20O7. The van der Waals surface area contributed by atoms with Crippen LogP contribution in [-0.4, -0.2) is 42.5 Å². The van der Waals surface area contributed by atoms with E-state index in [2.05, 4.69) is 0 Å². The van der Waals surface area contributed by atoms with Crippen LogP contribution < -0.4 is 4.74 Å². The van der Waals surface area contributed by atoms with E-state index in [1.807, 2.05) is 13.0 Å². The predicted molar refractivity (Wildman–Crippen MR) is 86.9 cm³/mol. The third-order valence-electron chi connectivity index (χ3n) is 4.75. The lowest BCUT2D eigenvalue weighted by Crippen LogP contribution is -2.09. The zero-order chi connectivity index (χ0) is 18.1. The van der Waals surface area contributed by atoms with Gasteiger partial charge in [-0.1, -0.05) is 6.08 Å². The Hall–Kier alpha value is -2.54. The highest BCUT2D eigenvalue weighted by Crippen LogP contribution is 2.42. The summed E-state index contributed by atoms with van der Waals surface area (Å²) in [5.74, 6) is -1.21. The average molecular weight is 348 g/mol. The molecule has 2 N–H and O–H groups in total. The van der Waals surface area contributed by atoms with Crippen molar-refractivity contribution < 1.29 is 34.0 Å². The highest BCUT2D eigenvalue weighted by Gasteiger charge is 2.32. The molecule has 0 radical (unpaired) electrons. The van der Waals surface area contributed by atoms with E-state index in [1.54, 1.807) is 0 Å². The number of hydrogen-bond acceptors (Lipinski definition) is 6. The molecular weight excluding hydrogens is 328 g/mol. The monoisotopic (exact) mass is 348 g/mol. The number of carbonyl (C=O) groups is 2. The van der Waals surface area contributed by atoms with Crippen LogP contribution >= 0.6 is 0 Å². The van der Waals surface area contributed by atoms with Crippen molar-refractivity contribution >= 4 is 11.9 Å². The second kappa shape index (κ2) is 6.76. The molecule has 134 valence electrons. The van der Waals surface area contributed by atoms with Crippen molar-refractivity contribution in [1.29, 1.82) is 0 Å². The number of cyclic esters (lactones) is 1. The van der Waals surface area contributed by atoms with Gasteiger partial charge in [-0.15, -0.1) is 0 Å². The summed E-state index contributed by atoms with van der Waals surface area (Å²) in [5.41, 5.74) is 2.97. The first kappa shape index (κ1) is 17.3. The molecule has 0 bridgehead atoms. The van der Waals surface area contributed by atoms with E-state index in [0.29, 0.717) is 36.5 Å². The van der Waals surface area contributed by atoms with Gasteiger partial charge in [-0.2, -0.15) is 0 Å². The first-order valence-corrected chi connectivity index (χ1v) is 8.00. The lowest BCUT2D eigenvalue weighted by Gasteiger charge is -2.16. The summed E-state index contributed by atoms with van der Waals surface area (Å²) in [6.45, 7) is 2.69. The van der Waals surface area contributed by atoms with E-state index in [0.717, 1.165) is 11.1 Å². The van der Waals surface area contributed by atoms with Gasteiger partial charge in [0.25, 0.3) is 0 Å². The molecule has 0 saturated carbocycles. The molecule has 7 heteroatoms. The Bertz CT molecular complexity index is 763. The fourth-order valence-electron chi connectivity index (χ4n) is 3.43. The van der Waals surface area contributed by atoms with Crippen LogP contribution in [0.2, 0.25) is 0 Å². The molecule has 0 aromatic heterocycles. The molecule has 1 atom stereocenters. The molecule has 2 aliphatic rings. The quantitative estimate of drug-likeness (QED) is 0.619. The normalized spacial score (nSPS) is 20.6. The minimum absolute atomic E-state index is 0.00446. The van der Waals surface area contributed by atoms with E-state index in [-0.39, 0.29) is 30.3 Å². The number of phenolic OH excluding ortho intramolecular Hbond substituents is 1. The van der Waals surface area contributed by atoms with Crippen LogP contribution in [0, 0.1) is 12.8 Å². The van der Waals surface area contributed by atoms with Gasteiger partial charge in [0.05, 0.1) is 26.7 Å². The first-order chi connectivity index (χ1) is 11.9. The number of hydrogen-bond donors (Lipinski definition) is 2. The first-order valence-electron chi connectivity index (χ1n) is 8.00. The predicted octanol–water partition coefficient (Wildman–Crippen LogP) is 1.97. The second-order valence-corrected chi connectivity index (χ2v) is 6.21. The molecule has 1 saturated heterocycles. The van der Waals surface area contributed by atoms with E-state index in [1.165, 1.54) is 7.11 Å². The molecule has 1 aromatic carbocycles. The van der Waals surface area contributed by atoms with Crippen molar-refractivity contribution in [2.24, 2.45) is 5.92 Å². The van der Waals surface area contributed by atoms with Crippen molar-refractivity contribution in [3.8, 4) is 11.5 Å². The SMILES string of the molecule is COc1c(C)c2c(c(O)c1CC=C1COCC1CC(=O)O)C(=O)OC2. The van der Waals surface area contributed by atoms with Crippen LogP contribution in [0.25, 0.3) is 0 Å². The number of fused-ring (bicyclic) bond motifs is 1. The van der Waals surface area contributed by atoms with Crippen molar-refractivity contribution in [1.82, 2.24) is 0 Å². The van der Waals surface area contributed by atoms with Gasteiger partial charge in [0.2, 0.25) is 0 Å². The summed E-state index contributed by atoms with van der Waals surface area (Å²) in [7, 11) is 1.51. The summed E-state index contributed by atoms with van der Waals surface area (Å²) >= 11 is 0. The largest absolute Gasteiger partial charge is 0.507 e. The van der Waals surface area contributed by atoms with Gasteiger partial charge in [-0.05, 0) is 24.5 Å². The molecule has 3 rings (SSSR count). The number of carboxylic acid groups (broad SMARTS) is 1. The number of carboxylic acids is 1. The fraction of sp³-hybridized carbons (Fsp3) is 0.444. The zero-order valence-electron chi connectivity index (χ0n) is 14.1. The Labute approximate surface area is 144 Å². The number of aliphatic carboxylic acids is 1. The lowest BCUT2D eigenvalue weighted by atomic mass is 9.93. The molecule has 0 spiro atoms. The van der Waals surface area contributed by atoms with Crippen molar-refractivity contribution in [2.75, 3.05) is 20.3 Å². The van der Waals surface area contributed by atoms with Crippen LogP contribution in [0.5, 0.6) is 11.5 Å². The Balaban J connectivity index is 1.96. The van der Waals surface area contributed by atoms with Gasteiger partial charge in [0, 0.05) is 17.0 Å². The van der Waals surface area contributed by atoms with E-state index < -0.39 is 11.9 Å². The summed E-state index contributed by atoms with van der Waals surface area (Å²) in [4.78, 5) is 22.8. The molecule has 7 nitrogen and oxygen atoms in total. The van der Waals surface area contributed by atoms with E-state index in [9.17, 15) is 14.7 Å². The smallest absolute Gasteiger partial charge is 0.342 e. The molecule has 0 aliphatic carbocycles. The van der Waals surface area contributed by atoms with Gasteiger partial charge < -0.3 is 24.4 Å². The minimum atomic E-state index is -0.877. The number of methoxy groups -OCH3 is 1. The van der Waals surface area contributed by atoms with Crippen molar-refractivity contribution in [2.45, 2.75) is 26.4 Å². The molecule has 1 unspecified atom stereocenters. The topological polar surface area (TPSA) is 102 Å². The third-order valence-corrected chi connectivity index (χ3v) is 4.75. The molecule has 0 amide bonds. The maximum absolute atomic E-state index is 11.9. The molecule has 1 aromatic rings. The number of benzene rings is 1. The zero-order valence-corrected chi connectivity index (χ0v) is 14.1. The van der Waals surface area contributed by atoms with Crippen molar-refractivity contribution in [3.05, 3.63) is 33.9 Å². The Morgan fingerprint density at radius 2 is 2.16 bits per heavy atom. The Morgan fingerprint density at radius 1 is 1.40 bits per heavy atom. The molecule has 2 heterocycles. The van der Waals surface area contributed by atoms with Crippen LogP contribution in [-0.2, 0) is 27.3 Å². The number of phenols is 1. The van der Waals surface area contributed by atoms with Crippen molar-refractivity contribution in [3.63, 3.8) is 0 Å². The fourth-order valence-corrected chi connectivity index (χ4v) is 3.43. The highest BCUT2D eigenvalue weighted by molar-refractivity contribution is 5.98. The number of carbonyl (C=O) groups excluding carboxylic acids is 1. The van der Waals surface area contributed by atoms with Crippen LogP contribution in [0.1, 0.15) is 33.5 Å². The summed E-state index contributed by atoms with van der Waals surface area (Å²) < 4.78 is 15.8. The van der Waals surface area contributed by atoms with Gasteiger partial charge >= 0.3 is 11.9 Å². The number of esters is 1. The highest BCUT2D eigenvalue weighted by atomic mass is 16.5. The number of allylic oxidation sites excluding steroid dienone is 1. The second-order valence-electron chi connectivity index (χ2n) is 6.21. The number of ether oxygens (including phenoxy) is 3. The number of aromatic hydroxyl groups is 1. The van der Waals surface area contributed by atoms with E-state index in [4.69, 9.17) is 19.3 Å². The Kier molecular flexibility index (Phi) is 4.67. The summed E-state index contributed by atoms with van der Waals surface area (Å²) in [6, 6.07) is 0. The van der Waals surface area contributed by atoms with Gasteiger partial charge in [-0.3, -0.25) is 4.79 Å². The standard InChI is InChI=1S/C18H20O7/c1-9-13-8-25-18(22)15(13)16(21)12(17(9)23-2)4-3-10-6-24-7-11(10)5-14(19)20/h3,11,21H,4-8H2,1-2H3,(H,19,20). The maximum atomic E-state index is 11.9. The Morgan fingerprint density at radius 3 is 2.84 bits per heavy atom. The van der Waals surface area contributed by atoms with Crippen LogP contribution in [0.3, 0.4) is 0 Å². The van der Waals surface area contributed by atoms with Gasteiger partial charge in [-0.25, -0.2) is 4.79 Å². The summed E-state index contributed by atoms with van der Waals surface area (Å²) in [6.07, 6.45) is 2.17. The lowest BCUT2D eigenvalue weighted by molar-refractivity contribution is -0.137. The van der Waals surface area contributed by atoms with Crippen LogP contribution in [0.15, 0.2) is 11.6 Å². The summed E-state index contributed by atoms with van der Waals surface area (Å²) in [5, 5.41) is 19.5.